The van der Waals surface area contributed by atoms with Gasteiger partial charge in [-0.2, -0.15) is 5.23 Å². The summed E-state index contributed by atoms with van der Waals surface area (Å²) in [5.74, 6) is 0.468. The van der Waals surface area contributed by atoms with Gasteiger partial charge in [-0.25, -0.2) is 10.2 Å². The van der Waals surface area contributed by atoms with E-state index in [1.54, 1.807) is 11.5 Å². The zero-order valence-electron chi connectivity index (χ0n) is 8.67. The minimum absolute atomic E-state index is 0.0115. The second-order valence-electron chi connectivity index (χ2n) is 2.80. The molecule has 1 aromatic carbocycles. The average Bonchev–Trinajstić information content (AvgIpc) is 2.27. The van der Waals surface area contributed by atoms with Gasteiger partial charge >= 0.3 is 0 Å². The molecule has 0 amide bonds. The van der Waals surface area contributed by atoms with Crippen molar-refractivity contribution in [1.82, 2.24) is 5.48 Å². The minimum Gasteiger partial charge on any atom is -0.595 e. The van der Waals surface area contributed by atoms with Crippen LogP contribution in [0.1, 0.15) is 6.92 Å². The molecule has 0 aliphatic carbocycles. The van der Waals surface area contributed by atoms with Crippen LogP contribution in [0.2, 0.25) is 0 Å². The Morgan fingerprint density at radius 3 is 2.94 bits per heavy atom. The van der Waals surface area contributed by atoms with E-state index >= 15 is 0 Å². The van der Waals surface area contributed by atoms with Crippen LogP contribution in [-0.4, -0.2) is 23.4 Å². The highest BCUT2D eigenvalue weighted by atomic mass is 16.8. The zero-order valence-corrected chi connectivity index (χ0v) is 8.67. The molecule has 0 bridgehead atoms. The first-order valence-corrected chi connectivity index (χ1v) is 4.61. The SMILES string of the molecule is CCOc1ccc(N=CNO)c([NH+]([O-])O)c1. The number of ether oxygens (including phenoxy) is 1. The van der Waals surface area contributed by atoms with Crippen LogP contribution in [0.15, 0.2) is 23.2 Å². The summed E-state index contributed by atoms with van der Waals surface area (Å²) in [4.78, 5) is 3.72. The predicted octanol–water partition coefficient (Wildman–Crippen LogP) is 0.127. The van der Waals surface area contributed by atoms with Gasteiger partial charge in [-0.3, -0.25) is 10.7 Å². The molecule has 1 unspecified atom stereocenters. The molecule has 7 heteroatoms. The van der Waals surface area contributed by atoms with Crippen molar-refractivity contribution in [2.45, 2.75) is 6.92 Å². The molecule has 88 valence electrons. The number of hydrogen-bond donors (Lipinski definition) is 4. The molecule has 0 saturated carbocycles. The lowest BCUT2D eigenvalue weighted by atomic mass is 10.2. The summed E-state index contributed by atoms with van der Waals surface area (Å²) in [6.45, 7) is 2.27. The van der Waals surface area contributed by atoms with Gasteiger partial charge in [0.2, 0.25) is 0 Å². The van der Waals surface area contributed by atoms with E-state index < -0.39 is 5.23 Å². The monoisotopic (exact) mass is 227 g/mol. The minimum atomic E-state index is -1.10. The first-order valence-electron chi connectivity index (χ1n) is 4.61. The average molecular weight is 227 g/mol. The highest BCUT2D eigenvalue weighted by molar-refractivity contribution is 5.67. The van der Waals surface area contributed by atoms with Gasteiger partial charge in [0.25, 0.3) is 0 Å². The van der Waals surface area contributed by atoms with Crippen LogP contribution < -0.4 is 15.4 Å². The lowest BCUT2D eigenvalue weighted by Gasteiger charge is -2.14. The summed E-state index contributed by atoms with van der Waals surface area (Å²) in [5.41, 5.74) is 1.95. The van der Waals surface area contributed by atoms with Crippen LogP contribution in [0.5, 0.6) is 5.75 Å². The van der Waals surface area contributed by atoms with Crippen molar-refractivity contribution in [3.05, 3.63) is 23.4 Å². The molecule has 7 nitrogen and oxygen atoms in total. The predicted molar refractivity (Wildman–Crippen MR) is 56.5 cm³/mol. The van der Waals surface area contributed by atoms with Gasteiger partial charge in [0.05, 0.1) is 6.61 Å². The fourth-order valence-electron chi connectivity index (χ4n) is 1.15. The lowest BCUT2D eigenvalue weighted by Crippen LogP contribution is -2.99. The van der Waals surface area contributed by atoms with Gasteiger partial charge in [0.1, 0.15) is 17.8 Å². The lowest BCUT2D eigenvalue weighted by molar-refractivity contribution is -0.990. The number of nitrogens with zero attached hydrogens (tertiary/aromatic N) is 1. The molecule has 0 aliphatic heterocycles. The van der Waals surface area contributed by atoms with Crippen molar-refractivity contribution in [3.8, 4) is 5.75 Å². The molecule has 0 fully saturated rings. The fraction of sp³-hybridized carbons (Fsp3) is 0.222. The van der Waals surface area contributed by atoms with Gasteiger partial charge in [-0.1, -0.05) is 0 Å². The topological polar surface area (TPSA) is 102 Å². The maximum atomic E-state index is 10.9. The number of nitrogens with one attached hydrogen (secondary N) is 2. The third kappa shape index (κ3) is 3.17. The molecule has 0 aromatic heterocycles. The molecule has 1 rings (SSSR count). The highest BCUT2D eigenvalue weighted by Gasteiger charge is 2.09. The van der Waals surface area contributed by atoms with Gasteiger partial charge < -0.3 is 9.94 Å². The Bertz CT molecular complexity index is 368. The Labute approximate surface area is 92.1 Å². The molecule has 0 radical (unpaired) electrons. The van der Waals surface area contributed by atoms with E-state index in [0.717, 1.165) is 6.34 Å². The summed E-state index contributed by atoms with van der Waals surface area (Å²) >= 11 is 0. The summed E-state index contributed by atoms with van der Waals surface area (Å²) in [7, 11) is 0. The van der Waals surface area contributed by atoms with Gasteiger partial charge in [0.15, 0.2) is 5.69 Å². The Kier molecular flexibility index (Phi) is 4.67. The van der Waals surface area contributed by atoms with E-state index in [1.807, 2.05) is 6.92 Å². The van der Waals surface area contributed by atoms with Crippen LogP contribution in [0, 0.1) is 5.21 Å². The van der Waals surface area contributed by atoms with E-state index in [9.17, 15) is 5.21 Å². The van der Waals surface area contributed by atoms with E-state index in [2.05, 4.69) is 4.99 Å². The third-order valence-electron chi connectivity index (χ3n) is 1.77. The molecule has 0 spiro atoms. The quantitative estimate of drug-likeness (QED) is 0.325. The van der Waals surface area contributed by atoms with Crippen LogP contribution in [0.3, 0.4) is 0 Å². The van der Waals surface area contributed by atoms with E-state index in [-0.39, 0.29) is 11.4 Å². The van der Waals surface area contributed by atoms with Crippen LogP contribution >= 0.6 is 0 Å². The van der Waals surface area contributed by atoms with Crippen molar-refractivity contribution in [2.24, 2.45) is 4.99 Å². The summed E-state index contributed by atoms with van der Waals surface area (Å²) in [6, 6.07) is 4.50. The Morgan fingerprint density at radius 2 is 2.38 bits per heavy atom. The first-order chi connectivity index (χ1) is 7.69. The highest BCUT2D eigenvalue weighted by Crippen LogP contribution is 2.26. The van der Waals surface area contributed by atoms with Crippen molar-refractivity contribution < 1.29 is 20.4 Å². The van der Waals surface area contributed by atoms with Gasteiger partial charge in [-0.15, -0.1) is 0 Å². The number of hydrogen-bond acceptors (Lipinski definition) is 5. The molecule has 1 aromatic rings. The van der Waals surface area contributed by atoms with Crippen LogP contribution in [0.25, 0.3) is 0 Å². The molecule has 1 atom stereocenters. The Morgan fingerprint density at radius 1 is 1.62 bits per heavy atom. The number of hydroxylamine groups is 1. The van der Waals surface area contributed by atoms with Crippen LogP contribution in [-0.2, 0) is 0 Å². The second-order valence-corrected chi connectivity index (χ2v) is 2.80. The molecule has 16 heavy (non-hydrogen) atoms. The summed E-state index contributed by atoms with van der Waals surface area (Å²) in [6.07, 6.45) is 0.988. The summed E-state index contributed by atoms with van der Waals surface area (Å²) < 4.78 is 5.18. The smallest absolute Gasteiger partial charge is 0.193 e. The second kappa shape index (κ2) is 6.03. The van der Waals surface area contributed by atoms with Crippen molar-refractivity contribution in [2.75, 3.05) is 6.61 Å². The third-order valence-corrected chi connectivity index (χ3v) is 1.77. The molecule has 4 N–H and O–H groups in total. The van der Waals surface area contributed by atoms with Crippen molar-refractivity contribution >= 4 is 17.7 Å². The number of aliphatic imine (C=N–C) groups is 1. The standard InChI is InChI=1S/C9H13N3O4/c1-2-16-7-3-4-8(10-6-11-13)9(5-7)12(14)15/h3-6,12-14H,2H2,1H3,(H,10,11). The van der Waals surface area contributed by atoms with Gasteiger partial charge in [-0.05, 0) is 19.1 Å². The van der Waals surface area contributed by atoms with Gasteiger partial charge in [0, 0.05) is 6.07 Å². The van der Waals surface area contributed by atoms with Crippen molar-refractivity contribution in [1.29, 1.82) is 0 Å². The first kappa shape index (κ1) is 12.4. The normalized spacial score (nSPS) is 12.8. The zero-order chi connectivity index (χ0) is 12.0. The molecule has 0 aliphatic rings. The number of rotatable bonds is 5. The van der Waals surface area contributed by atoms with E-state index in [0.29, 0.717) is 12.4 Å². The summed E-state index contributed by atoms with van der Waals surface area (Å²) in [5, 5.41) is 27.1. The maximum absolute atomic E-state index is 10.9. The van der Waals surface area contributed by atoms with E-state index in [4.69, 9.17) is 15.2 Å². The van der Waals surface area contributed by atoms with Crippen LogP contribution in [0.4, 0.5) is 11.4 Å². The number of quaternary nitrogens is 1. The largest absolute Gasteiger partial charge is 0.595 e. The molecule has 0 saturated heterocycles. The maximum Gasteiger partial charge on any atom is 0.193 e. The van der Waals surface area contributed by atoms with Crippen molar-refractivity contribution in [3.63, 3.8) is 0 Å². The molecule has 0 heterocycles. The fourth-order valence-corrected chi connectivity index (χ4v) is 1.15. The number of benzene rings is 1. The Hall–Kier alpha value is -1.67. The molecular formula is C9H13N3O4. The Balaban J connectivity index is 3.04. The van der Waals surface area contributed by atoms with E-state index in [1.165, 1.54) is 12.1 Å². The molecular weight excluding hydrogens is 214 g/mol.